The van der Waals surface area contributed by atoms with Gasteiger partial charge in [0, 0.05) is 23.1 Å². The molecule has 1 saturated carbocycles. The SMILES string of the molecule is Cc1cc(F)cc(-c2nsc(NC3CC3)n2)c1. The molecule has 2 aromatic rings. The van der Waals surface area contributed by atoms with Crippen molar-refractivity contribution in [1.82, 2.24) is 9.36 Å². The summed E-state index contributed by atoms with van der Waals surface area (Å²) in [6.45, 7) is 1.86. The minimum Gasteiger partial charge on any atom is -0.358 e. The van der Waals surface area contributed by atoms with E-state index in [1.54, 1.807) is 0 Å². The van der Waals surface area contributed by atoms with Crippen LogP contribution in [0.15, 0.2) is 18.2 Å². The molecule has 0 unspecified atom stereocenters. The normalized spacial score (nSPS) is 14.9. The van der Waals surface area contributed by atoms with Crippen molar-refractivity contribution in [3.8, 4) is 11.4 Å². The van der Waals surface area contributed by atoms with Crippen molar-refractivity contribution in [3.05, 3.63) is 29.6 Å². The molecule has 1 aromatic carbocycles. The zero-order valence-corrected chi connectivity index (χ0v) is 10.2. The maximum Gasteiger partial charge on any atom is 0.203 e. The summed E-state index contributed by atoms with van der Waals surface area (Å²) in [5.74, 6) is 0.354. The van der Waals surface area contributed by atoms with Crippen molar-refractivity contribution in [2.24, 2.45) is 0 Å². The summed E-state index contributed by atoms with van der Waals surface area (Å²) in [6.07, 6.45) is 2.40. The second-order valence-electron chi connectivity index (χ2n) is 4.36. The molecule has 0 amide bonds. The molecule has 1 aliphatic rings. The molecule has 1 N–H and O–H groups in total. The topological polar surface area (TPSA) is 37.8 Å². The van der Waals surface area contributed by atoms with Gasteiger partial charge in [-0.15, -0.1) is 0 Å². The zero-order valence-electron chi connectivity index (χ0n) is 9.40. The van der Waals surface area contributed by atoms with Crippen molar-refractivity contribution in [3.63, 3.8) is 0 Å². The maximum atomic E-state index is 13.3. The van der Waals surface area contributed by atoms with Crippen molar-refractivity contribution in [2.75, 3.05) is 5.32 Å². The molecule has 5 heteroatoms. The van der Waals surface area contributed by atoms with Crippen LogP contribution in [0.2, 0.25) is 0 Å². The lowest BCUT2D eigenvalue weighted by molar-refractivity contribution is 0.627. The van der Waals surface area contributed by atoms with Gasteiger partial charge in [-0.3, -0.25) is 0 Å². The lowest BCUT2D eigenvalue weighted by Gasteiger charge is -1.99. The summed E-state index contributed by atoms with van der Waals surface area (Å²) in [7, 11) is 0. The van der Waals surface area contributed by atoms with E-state index in [0.29, 0.717) is 11.9 Å². The minimum absolute atomic E-state index is 0.244. The monoisotopic (exact) mass is 249 g/mol. The molecule has 1 heterocycles. The maximum absolute atomic E-state index is 13.3. The molecule has 0 spiro atoms. The number of nitrogens with one attached hydrogen (secondary N) is 1. The molecule has 3 rings (SSSR count). The largest absolute Gasteiger partial charge is 0.358 e. The highest BCUT2D eigenvalue weighted by molar-refractivity contribution is 7.09. The molecule has 0 aliphatic heterocycles. The van der Waals surface area contributed by atoms with Crippen LogP contribution in [0, 0.1) is 12.7 Å². The molecule has 0 radical (unpaired) electrons. The van der Waals surface area contributed by atoms with Crippen LogP contribution in [0.1, 0.15) is 18.4 Å². The Morgan fingerprint density at radius 2 is 2.18 bits per heavy atom. The van der Waals surface area contributed by atoms with Crippen molar-refractivity contribution < 1.29 is 4.39 Å². The molecule has 1 aromatic heterocycles. The number of anilines is 1. The third kappa shape index (κ3) is 2.44. The van der Waals surface area contributed by atoms with Crippen LogP contribution in [0.25, 0.3) is 11.4 Å². The lowest BCUT2D eigenvalue weighted by Crippen LogP contribution is -1.99. The van der Waals surface area contributed by atoms with Gasteiger partial charge in [0.15, 0.2) is 5.82 Å². The highest BCUT2D eigenvalue weighted by Crippen LogP contribution is 2.28. The van der Waals surface area contributed by atoms with Crippen LogP contribution in [0.5, 0.6) is 0 Å². The van der Waals surface area contributed by atoms with Gasteiger partial charge in [-0.2, -0.15) is 9.36 Å². The van der Waals surface area contributed by atoms with Crippen LogP contribution in [-0.2, 0) is 0 Å². The van der Waals surface area contributed by atoms with Gasteiger partial charge in [-0.1, -0.05) is 0 Å². The highest BCUT2D eigenvalue weighted by atomic mass is 32.1. The number of hydrogen-bond donors (Lipinski definition) is 1. The van der Waals surface area contributed by atoms with Crippen LogP contribution in [0.4, 0.5) is 9.52 Å². The number of rotatable bonds is 3. The summed E-state index contributed by atoms with van der Waals surface area (Å²) in [5, 5.41) is 4.11. The van der Waals surface area contributed by atoms with Crippen molar-refractivity contribution >= 4 is 16.7 Å². The molecular weight excluding hydrogens is 237 g/mol. The fourth-order valence-electron chi connectivity index (χ4n) is 1.67. The van der Waals surface area contributed by atoms with E-state index in [9.17, 15) is 4.39 Å². The first-order chi connectivity index (χ1) is 8.20. The summed E-state index contributed by atoms with van der Waals surface area (Å²) < 4.78 is 17.5. The molecule has 1 aliphatic carbocycles. The van der Waals surface area contributed by atoms with Gasteiger partial charge in [0.25, 0.3) is 0 Å². The standard InChI is InChI=1S/C12H12FN3S/c1-7-4-8(6-9(13)5-7)11-15-12(17-16-11)14-10-2-3-10/h4-6,10H,2-3H2,1H3,(H,14,15,16). The Balaban J connectivity index is 1.88. The summed E-state index contributed by atoms with van der Waals surface area (Å²) in [4.78, 5) is 4.37. The molecule has 0 bridgehead atoms. The van der Waals surface area contributed by atoms with Crippen LogP contribution in [-0.4, -0.2) is 15.4 Å². The Labute approximate surface area is 103 Å². The van der Waals surface area contributed by atoms with Crippen molar-refractivity contribution in [1.29, 1.82) is 0 Å². The quantitative estimate of drug-likeness (QED) is 0.907. The van der Waals surface area contributed by atoms with E-state index in [4.69, 9.17) is 0 Å². The van der Waals surface area contributed by atoms with E-state index in [2.05, 4.69) is 14.7 Å². The first-order valence-corrected chi connectivity index (χ1v) is 6.36. The van der Waals surface area contributed by atoms with Crippen LogP contribution < -0.4 is 5.32 Å². The van der Waals surface area contributed by atoms with E-state index in [0.717, 1.165) is 16.3 Å². The molecule has 1 fully saturated rings. The fourth-order valence-corrected chi connectivity index (χ4v) is 2.33. The molecule has 3 nitrogen and oxygen atoms in total. The number of aryl methyl sites for hydroxylation is 1. The van der Waals surface area contributed by atoms with E-state index in [1.165, 1.54) is 36.5 Å². The molecule has 0 atom stereocenters. The van der Waals surface area contributed by atoms with Gasteiger partial charge in [0.1, 0.15) is 5.82 Å². The van der Waals surface area contributed by atoms with E-state index in [1.807, 2.05) is 13.0 Å². The van der Waals surface area contributed by atoms with Gasteiger partial charge in [0.05, 0.1) is 0 Å². The Hall–Kier alpha value is -1.49. The Kier molecular flexibility index (Phi) is 2.55. The number of halogens is 1. The number of aromatic nitrogens is 2. The van der Waals surface area contributed by atoms with Crippen LogP contribution >= 0.6 is 11.5 Å². The number of hydrogen-bond acceptors (Lipinski definition) is 4. The predicted octanol–water partition coefficient (Wildman–Crippen LogP) is 3.23. The zero-order chi connectivity index (χ0) is 11.8. The lowest BCUT2D eigenvalue weighted by atomic mass is 10.1. The summed E-state index contributed by atoms with van der Waals surface area (Å²) >= 11 is 1.33. The van der Waals surface area contributed by atoms with Gasteiger partial charge in [0.2, 0.25) is 5.13 Å². The Morgan fingerprint density at radius 1 is 1.35 bits per heavy atom. The highest BCUT2D eigenvalue weighted by Gasteiger charge is 2.22. The third-order valence-electron chi connectivity index (χ3n) is 2.63. The third-order valence-corrected chi connectivity index (χ3v) is 3.28. The Bertz CT molecular complexity index is 528. The van der Waals surface area contributed by atoms with Gasteiger partial charge in [-0.25, -0.2) is 4.39 Å². The first-order valence-electron chi connectivity index (χ1n) is 5.58. The fraction of sp³-hybridized carbons (Fsp3) is 0.333. The van der Waals surface area contributed by atoms with Gasteiger partial charge >= 0.3 is 0 Å². The van der Waals surface area contributed by atoms with Gasteiger partial charge in [-0.05, 0) is 43.5 Å². The van der Waals surface area contributed by atoms with E-state index >= 15 is 0 Å². The van der Waals surface area contributed by atoms with Gasteiger partial charge < -0.3 is 5.32 Å². The van der Waals surface area contributed by atoms with Crippen LogP contribution in [0.3, 0.4) is 0 Å². The second-order valence-corrected chi connectivity index (χ2v) is 5.11. The molecule has 0 saturated heterocycles. The molecular formula is C12H12FN3S. The Morgan fingerprint density at radius 3 is 2.88 bits per heavy atom. The summed E-state index contributed by atoms with van der Waals surface area (Å²) in [6, 6.07) is 5.42. The smallest absolute Gasteiger partial charge is 0.203 e. The predicted molar refractivity (Wildman–Crippen MR) is 66.7 cm³/mol. The van der Waals surface area contributed by atoms with E-state index < -0.39 is 0 Å². The molecule has 88 valence electrons. The summed E-state index contributed by atoms with van der Waals surface area (Å²) in [5.41, 5.74) is 1.62. The molecule has 17 heavy (non-hydrogen) atoms. The van der Waals surface area contributed by atoms with Crippen molar-refractivity contribution in [2.45, 2.75) is 25.8 Å². The minimum atomic E-state index is -0.244. The number of benzene rings is 1. The second kappa shape index (κ2) is 4.07. The van der Waals surface area contributed by atoms with E-state index in [-0.39, 0.29) is 5.82 Å². The number of nitrogens with zero attached hydrogens (tertiary/aromatic N) is 2. The average Bonchev–Trinajstić information content (AvgIpc) is 2.93. The average molecular weight is 249 g/mol. The first kappa shape index (κ1) is 10.7.